The molecule has 0 aliphatic rings. The third-order valence-corrected chi connectivity index (χ3v) is 14.0. The standard InChI is InChI=1S/C67H121NO8/c1-6-8-10-12-14-16-18-20-22-24-25-26-27-28-29-30-31-32-33-34-35-36-37-38-39-40-41-42-44-46-48-50-52-54-56-58-65(70)76-63(62-75-67(66(71)72)73-60-59-68(3,4)5)61-74-64(69)57-55-53-51-49-47-45-43-23-21-19-17-15-13-11-9-7-2/h8,10,14,16,20,22-23,25-26,43,63,67H,6-7,9,11-13,15,17-19,21,24,27-42,44-62H2,1-5H3/p+1/b10-8-,16-14-,22-20-,26-25-,43-23-. The zero-order chi connectivity index (χ0) is 55.5. The maximum Gasteiger partial charge on any atom is 0.361 e. The summed E-state index contributed by atoms with van der Waals surface area (Å²) < 4.78 is 22.9. The van der Waals surface area contributed by atoms with Crippen LogP contribution < -0.4 is 0 Å². The second-order valence-corrected chi connectivity index (χ2v) is 22.7. The first-order valence-corrected chi connectivity index (χ1v) is 32.0. The molecule has 9 heteroatoms. The first-order valence-electron chi connectivity index (χ1n) is 32.0. The number of rotatable bonds is 59. The lowest BCUT2D eigenvalue weighted by molar-refractivity contribution is -0.870. The first-order chi connectivity index (χ1) is 37.1. The lowest BCUT2D eigenvalue weighted by Crippen LogP contribution is -2.40. The Morgan fingerprint density at radius 3 is 1.13 bits per heavy atom. The van der Waals surface area contributed by atoms with Crippen molar-refractivity contribution < 1.29 is 42.9 Å². The summed E-state index contributed by atoms with van der Waals surface area (Å²) in [5.74, 6) is -2.00. The highest BCUT2D eigenvalue weighted by Gasteiger charge is 2.25. The van der Waals surface area contributed by atoms with Gasteiger partial charge in [-0.05, 0) is 77.0 Å². The van der Waals surface area contributed by atoms with Crippen LogP contribution in [0.1, 0.15) is 290 Å². The highest BCUT2D eigenvalue weighted by atomic mass is 16.7. The lowest BCUT2D eigenvalue weighted by Gasteiger charge is -2.25. The normalized spacial score (nSPS) is 13.1. The largest absolute Gasteiger partial charge is 0.477 e. The van der Waals surface area contributed by atoms with E-state index < -0.39 is 24.3 Å². The molecule has 0 aromatic rings. The van der Waals surface area contributed by atoms with Crippen molar-refractivity contribution in [3.63, 3.8) is 0 Å². The molecule has 0 aromatic heterocycles. The molecule has 0 spiro atoms. The van der Waals surface area contributed by atoms with Gasteiger partial charge in [-0.2, -0.15) is 0 Å². The maximum absolute atomic E-state index is 12.9. The van der Waals surface area contributed by atoms with Gasteiger partial charge in [0.05, 0.1) is 34.4 Å². The summed E-state index contributed by atoms with van der Waals surface area (Å²) in [6, 6.07) is 0. The van der Waals surface area contributed by atoms with Gasteiger partial charge in [0.2, 0.25) is 0 Å². The Hall–Kier alpha value is -3.01. The predicted octanol–water partition coefficient (Wildman–Crippen LogP) is 19.2. The Labute approximate surface area is 469 Å². The van der Waals surface area contributed by atoms with Crippen LogP contribution in [0.2, 0.25) is 0 Å². The number of carbonyl (C=O) groups excluding carboxylic acids is 2. The lowest BCUT2D eigenvalue weighted by atomic mass is 10.0. The number of carboxylic acid groups (broad SMARTS) is 1. The Morgan fingerprint density at radius 2 is 0.750 bits per heavy atom. The number of hydrogen-bond donors (Lipinski definition) is 1. The Bertz CT molecular complexity index is 1430. The second-order valence-electron chi connectivity index (χ2n) is 22.7. The van der Waals surface area contributed by atoms with E-state index in [0.29, 0.717) is 17.4 Å². The van der Waals surface area contributed by atoms with Gasteiger partial charge in [0, 0.05) is 12.8 Å². The summed E-state index contributed by atoms with van der Waals surface area (Å²) in [6.07, 6.45) is 71.8. The van der Waals surface area contributed by atoms with Gasteiger partial charge in [0.1, 0.15) is 13.2 Å². The summed E-state index contributed by atoms with van der Waals surface area (Å²) in [5, 5.41) is 9.71. The molecular weight excluding hydrogens is 947 g/mol. The predicted molar refractivity (Wildman–Crippen MR) is 323 cm³/mol. The van der Waals surface area contributed by atoms with Crippen molar-refractivity contribution in [1.29, 1.82) is 0 Å². The molecule has 2 unspecified atom stereocenters. The molecule has 0 amide bonds. The Kier molecular flexibility index (Phi) is 55.8. The van der Waals surface area contributed by atoms with E-state index in [1.807, 2.05) is 21.1 Å². The molecular formula is C67H122NO8+. The molecule has 0 aliphatic carbocycles. The van der Waals surface area contributed by atoms with Gasteiger partial charge in [-0.1, -0.05) is 261 Å². The summed E-state index contributed by atoms with van der Waals surface area (Å²) in [6.45, 7) is 4.79. The Balaban J connectivity index is 4.04. The van der Waals surface area contributed by atoms with Crippen molar-refractivity contribution in [3.8, 4) is 0 Å². The summed E-state index contributed by atoms with van der Waals surface area (Å²) in [5.41, 5.74) is 0. The molecule has 0 aliphatic heterocycles. The van der Waals surface area contributed by atoms with Crippen molar-refractivity contribution in [3.05, 3.63) is 60.8 Å². The van der Waals surface area contributed by atoms with Gasteiger partial charge in [0.25, 0.3) is 6.29 Å². The highest BCUT2D eigenvalue weighted by molar-refractivity contribution is 5.71. The number of esters is 2. The van der Waals surface area contributed by atoms with Crippen LogP contribution in [0.4, 0.5) is 0 Å². The first kappa shape index (κ1) is 73.0. The molecule has 2 atom stereocenters. The molecule has 0 saturated carbocycles. The monoisotopic (exact) mass is 1070 g/mol. The molecule has 0 fully saturated rings. The molecule has 0 aromatic carbocycles. The van der Waals surface area contributed by atoms with E-state index in [1.165, 1.54) is 186 Å². The summed E-state index contributed by atoms with van der Waals surface area (Å²) in [4.78, 5) is 37.4. The van der Waals surface area contributed by atoms with Gasteiger partial charge >= 0.3 is 17.9 Å². The molecule has 0 saturated heterocycles. The average Bonchev–Trinajstić information content (AvgIpc) is 3.39. The molecule has 0 heterocycles. The molecule has 76 heavy (non-hydrogen) atoms. The number of quaternary nitrogens is 1. The van der Waals surface area contributed by atoms with Crippen LogP contribution >= 0.6 is 0 Å². The number of allylic oxidation sites excluding steroid dienone is 10. The van der Waals surface area contributed by atoms with E-state index in [1.54, 1.807) is 0 Å². The van der Waals surface area contributed by atoms with Gasteiger partial charge in [0.15, 0.2) is 6.10 Å². The quantitative estimate of drug-likeness (QED) is 0.0211. The zero-order valence-electron chi connectivity index (χ0n) is 50.4. The maximum atomic E-state index is 12.9. The number of carbonyl (C=O) groups is 3. The fraction of sp³-hybridized carbons (Fsp3) is 0.806. The van der Waals surface area contributed by atoms with Crippen LogP contribution in [0.5, 0.6) is 0 Å². The van der Waals surface area contributed by atoms with Crippen LogP contribution in [-0.2, 0) is 33.3 Å². The second kappa shape index (κ2) is 58.1. The van der Waals surface area contributed by atoms with Crippen molar-refractivity contribution in [2.75, 3.05) is 47.5 Å². The van der Waals surface area contributed by atoms with E-state index in [2.05, 4.69) is 74.6 Å². The van der Waals surface area contributed by atoms with Gasteiger partial charge in [-0.25, -0.2) is 4.79 Å². The molecule has 442 valence electrons. The summed E-state index contributed by atoms with van der Waals surface area (Å²) >= 11 is 0. The van der Waals surface area contributed by atoms with Crippen molar-refractivity contribution in [2.24, 2.45) is 0 Å². The van der Waals surface area contributed by atoms with Crippen molar-refractivity contribution in [2.45, 2.75) is 302 Å². The topological polar surface area (TPSA) is 108 Å². The fourth-order valence-electron chi connectivity index (χ4n) is 9.12. The van der Waals surface area contributed by atoms with Crippen LogP contribution in [0, 0.1) is 0 Å². The third kappa shape index (κ3) is 58.7. The Morgan fingerprint density at radius 1 is 0.408 bits per heavy atom. The zero-order valence-corrected chi connectivity index (χ0v) is 50.4. The smallest absolute Gasteiger partial charge is 0.361 e. The molecule has 9 nitrogen and oxygen atoms in total. The average molecular weight is 1070 g/mol. The summed E-state index contributed by atoms with van der Waals surface area (Å²) in [7, 11) is 5.97. The van der Waals surface area contributed by atoms with E-state index in [-0.39, 0.29) is 32.2 Å². The minimum Gasteiger partial charge on any atom is -0.477 e. The van der Waals surface area contributed by atoms with Crippen LogP contribution in [0.15, 0.2) is 60.8 Å². The number of likely N-dealkylation sites (N-methyl/N-ethyl adjacent to an activating group) is 1. The molecule has 0 rings (SSSR count). The minimum absolute atomic E-state index is 0.183. The molecule has 1 N–H and O–H groups in total. The van der Waals surface area contributed by atoms with E-state index in [4.69, 9.17) is 18.9 Å². The highest BCUT2D eigenvalue weighted by Crippen LogP contribution is 2.17. The van der Waals surface area contributed by atoms with Crippen LogP contribution in [-0.4, -0.2) is 87.4 Å². The van der Waals surface area contributed by atoms with Crippen molar-refractivity contribution >= 4 is 17.9 Å². The van der Waals surface area contributed by atoms with E-state index >= 15 is 0 Å². The minimum atomic E-state index is -1.51. The van der Waals surface area contributed by atoms with Gasteiger partial charge in [-0.15, -0.1) is 0 Å². The van der Waals surface area contributed by atoms with Crippen LogP contribution in [0.3, 0.4) is 0 Å². The molecule has 0 bridgehead atoms. The number of nitrogens with zero attached hydrogens (tertiary/aromatic N) is 1. The van der Waals surface area contributed by atoms with Crippen molar-refractivity contribution in [1.82, 2.24) is 0 Å². The number of carboxylic acids is 1. The number of ether oxygens (including phenoxy) is 4. The van der Waals surface area contributed by atoms with Gasteiger partial charge in [-0.3, -0.25) is 9.59 Å². The molecule has 0 radical (unpaired) electrons. The number of unbranched alkanes of at least 4 members (excludes halogenated alkanes) is 34. The van der Waals surface area contributed by atoms with E-state index in [0.717, 1.165) is 77.0 Å². The van der Waals surface area contributed by atoms with Crippen LogP contribution in [0.25, 0.3) is 0 Å². The SMILES string of the molecule is CC/C=C\C/C=C\C/C=C\C/C=C\CCCCCCCCCCCCCCCCCCCCCCCCC(=O)OC(COC(=O)CCCCCCC/C=C\CCCCCCCCC)COC(OCC[N+](C)(C)C)C(=O)O. The number of aliphatic carboxylic acids is 1. The fourth-order valence-corrected chi connectivity index (χ4v) is 9.12. The third-order valence-electron chi connectivity index (χ3n) is 14.0. The number of hydrogen-bond acceptors (Lipinski definition) is 7. The van der Waals surface area contributed by atoms with Gasteiger partial charge < -0.3 is 28.5 Å². The van der Waals surface area contributed by atoms with E-state index in [9.17, 15) is 19.5 Å².